The lowest BCUT2D eigenvalue weighted by Crippen LogP contribution is -2.08. The second-order valence-electron chi connectivity index (χ2n) is 4.06. The smallest absolute Gasteiger partial charge is 0.161 e. The van der Waals surface area contributed by atoms with E-state index in [9.17, 15) is 0 Å². The largest absolute Gasteiger partial charge is 0.370 e. The minimum absolute atomic E-state index is 0.826. The summed E-state index contributed by atoms with van der Waals surface area (Å²) in [4.78, 5) is 8.53. The van der Waals surface area contributed by atoms with Crippen LogP contribution in [0.4, 0.5) is 5.82 Å². The van der Waals surface area contributed by atoms with Crippen molar-refractivity contribution in [2.24, 2.45) is 0 Å². The Morgan fingerprint density at radius 1 is 1.29 bits per heavy atom. The van der Waals surface area contributed by atoms with E-state index in [4.69, 9.17) is 0 Å². The first-order valence-electron chi connectivity index (χ1n) is 5.79. The first-order valence-corrected chi connectivity index (χ1v) is 5.79. The molecular weight excluding hydrogens is 214 g/mol. The Bertz CT molecular complexity index is 503. The first-order chi connectivity index (χ1) is 8.22. The molecule has 2 heterocycles. The minimum atomic E-state index is 0.826. The van der Waals surface area contributed by atoms with Crippen LogP contribution in [0.5, 0.6) is 0 Å². The minimum Gasteiger partial charge on any atom is -0.370 e. The highest BCUT2D eigenvalue weighted by molar-refractivity contribution is 5.50. The van der Waals surface area contributed by atoms with Crippen molar-refractivity contribution in [1.29, 1.82) is 0 Å². The molecule has 5 heteroatoms. The van der Waals surface area contributed by atoms with E-state index in [0.717, 1.165) is 35.7 Å². The molecule has 17 heavy (non-hydrogen) atoms. The zero-order valence-electron chi connectivity index (χ0n) is 10.4. The maximum Gasteiger partial charge on any atom is 0.161 e. The van der Waals surface area contributed by atoms with E-state index < -0.39 is 0 Å². The SMILES string of the molecule is CCCNc1ncnc(-n2cc(C)cn2)c1C. The Hall–Kier alpha value is -1.91. The molecule has 0 saturated heterocycles. The molecule has 0 aliphatic heterocycles. The van der Waals surface area contributed by atoms with E-state index in [1.54, 1.807) is 11.0 Å². The molecule has 0 unspecified atom stereocenters. The fourth-order valence-corrected chi connectivity index (χ4v) is 1.62. The number of nitrogens with one attached hydrogen (secondary N) is 1. The molecule has 0 aromatic carbocycles. The normalized spacial score (nSPS) is 10.5. The van der Waals surface area contributed by atoms with E-state index in [-0.39, 0.29) is 0 Å². The maximum atomic E-state index is 4.28. The van der Waals surface area contributed by atoms with E-state index in [1.807, 2.05) is 26.2 Å². The fraction of sp³-hybridized carbons (Fsp3) is 0.417. The van der Waals surface area contributed by atoms with Crippen LogP contribution in [0.15, 0.2) is 18.7 Å². The Morgan fingerprint density at radius 3 is 2.76 bits per heavy atom. The Morgan fingerprint density at radius 2 is 2.12 bits per heavy atom. The van der Waals surface area contributed by atoms with Gasteiger partial charge in [-0.1, -0.05) is 6.92 Å². The third-order valence-electron chi connectivity index (χ3n) is 2.53. The van der Waals surface area contributed by atoms with Crippen molar-refractivity contribution in [3.8, 4) is 5.82 Å². The predicted octanol–water partition coefficient (Wildman–Crippen LogP) is 2.10. The van der Waals surface area contributed by atoms with Crippen LogP contribution in [0.25, 0.3) is 5.82 Å². The number of hydrogen-bond acceptors (Lipinski definition) is 4. The molecule has 1 N–H and O–H groups in total. The lowest BCUT2D eigenvalue weighted by atomic mass is 10.3. The highest BCUT2D eigenvalue weighted by Gasteiger charge is 2.08. The van der Waals surface area contributed by atoms with Crippen LogP contribution in [-0.2, 0) is 0 Å². The van der Waals surface area contributed by atoms with Crippen LogP contribution in [0, 0.1) is 13.8 Å². The zero-order chi connectivity index (χ0) is 12.3. The average molecular weight is 231 g/mol. The molecule has 2 aromatic heterocycles. The van der Waals surface area contributed by atoms with Gasteiger partial charge in [0.15, 0.2) is 5.82 Å². The number of aryl methyl sites for hydroxylation is 1. The van der Waals surface area contributed by atoms with Gasteiger partial charge >= 0.3 is 0 Å². The number of hydrogen-bond donors (Lipinski definition) is 1. The van der Waals surface area contributed by atoms with Crippen molar-refractivity contribution in [3.63, 3.8) is 0 Å². The van der Waals surface area contributed by atoms with Crippen molar-refractivity contribution in [2.45, 2.75) is 27.2 Å². The van der Waals surface area contributed by atoms with Crippen LogP contribution in [-0.4, -0.2) is 26.3 Å². The molecule has 0 saturated carbocycles. The van der Waals surface area contributed by atoms with Crippen molar-refractivity contribution < 1.29 is 0 Å². The van der Waals surface area contributed by atoms with Gasteiger partial charge in [0.1, 0.15) is 12.1 Å². The van der Waals surface area contributed by atoms with E-state index in [0.29, 0.717) is 0 Å². The molecule has 0 aliphatic carbocycles. The van der Waals surface area contributed by atoms with Crippen molar-refractivity contribution in [3.05, 3.63) is 29.8 Å². The van der Waals surface area contributed by atoms with Gasteiger partial charge in [-0.05, 0) is 25.8 Å². The summed E-state index contributed by atoms with van der Waals surface area (Å²) < 4.78 is 1.78. The number of rotatable bonds is 4. The summed E-state index contributed by atoms with van der Waals surface area (Å²) in [6.07, 6.45) is 6.41. The highest BCUT2D eigenvalue weighted by Crippen LogP contribution is 2.17. The summed E-state index contributed by atoms with van der Waals surface area (Å²) in [5.41, 5.74) is 2.13. The second-order valence-corrected chi connectivity index (χ2v) is 4.06. The molecule has 0 atom stereocenters. The number of nitrogens with zero attached hydrogens (tertiary/aromatic N) is 4. The number of anilines is 1. The average Bonchev–Trinajstić information content (AvgIpc) is 2.74. The molecular formula is C12H17N5. The van der Waals surface area contributed by atoms with Crippen LogP contribution >= 0.6 is 0 Å². The Kier molecular flexibility index (Phi) is 3.37. The van der Waals surface area contributed by atoms with Crippen molar-refractivity contribution in [1.82, 2.24) is 19.7 Å². The fourth-order valence-electron chi connectivity index (χ4n) is 1.62. The van der Waals surface area contributed by atoms with Gasteiger partial charge in [0.25, 0.3) is 0 Å². The van der Waals surface area contributed by atoms with E-state index in [1.165, 1.54) is 0 Å². The third kappa shape index (κ3) is 2.43. The summed E-state index contributed by atoms with van der Waals surface area (Å²) in [6, 6.07) is 0. The summed E-state index contributed by atoms with van der Waals surface area (Å²) in [6.45, 7) is 7.05. The van der Waals surface area contributed by atoms with Gasteiger partial charge in [-0.25, -0.2) is 14.6 Å². The lowest BCUT2D eigenvalue weighted by molar-refractivity contribution is 0.827. The van der Waals surface area contributed by atoms with Crippen LogP contribution < -0.4 is 5.32 Å². The van der Waals surface area contributed by atoms with Crippen molar-refractivity contribution >= 4 is 5.82 Å². The molecule has 5 nitrogen and oxygen atoms in total. The van der Waals surface area contributed by atoms with Gasteiger partial charge < -0.3 is 5.32 Å². The van der Waals surface area contributed by atoms with Gasteiger partial charge in [0.05, 0.1) is 6.20 Å². The van der Waals surface area contributed by atoms with Gasteiger partial charge in [0.2, 0.25) is 0 Å². The van der Waals surface area contributed by atoms with Gasteiger partial charge in [-0.15, -0.1) is 0 Å². The molecule has 2 rings (SSSR count). The molecule has 0 fully saturated rings. The van der Waals surface area contributed by atoms with E-state index in [2.05, 4.69) is 27.3 Å². The lowest BCUT2D eigenvalue weighted by Gasteiger charge is -2.10. The van der Waals surface area contributed by atoms with Crippen LogP contribution in [0.1, 0.15) is 24.5 Å². The topological polar surface area (TPSA) is 55.6 Å². The molecule has 0 spiro atoms. The molecule has 2 aromatic rings. The number of aromatic nitrogens is 4. The second kappa shape index (κ2) is 4.95. The van der Waals surface area contributed by atoms with E-state index >= 15 is 0 Å². The molecule has 0 bridgehead atoms. The quantitative estimate of drug-likeness (QED) is 0.875. The predicted molar refractivity (Wildman–Crippen MR) is 67.4 cm³/mol. The van der Waals surface area contributed by atoms with Gasteiger partial charge in [0, 0.05) is 18.3 Å². The third-order valence-corrected chi connectivity index (χ3v) is 2.53. The molecule has 0 aliphatic rings. The summed E-state index contributed by atoms with van der Waals surface area (Å²) in [7, 11) is 0. The zero-order valence-corrected chi connectivity index (χ0v) is 10.4. The Labute approximate surface area is 101 Å². The first kappa shape index (κ1) is 11.6. The summed E-state index contributed by atoms with van der Waals surface area (Å²) >= 11 is 0. The molecule has 0 radical (unpaired) electrons. The Balaban J connectivity index is 2.35. The molecule has 0 amide bonds. The summed E-state index contributed by atoms with van der Waals surface area (Å²) in [5.74, 6) is 1.71. The highest BCUT2D eigenvalue weighted by atomic mass is 15.3. The standard InChI is InChI=1S/C12H17N5/c1-4-5-13-11-10(3)12(15-8-14-11)17-7-9(2)6-16-17/h6-8H,4-5H2,1-3H3,(H,13,14,15). The van der Waals surface area contributed by atoms with Crippen LogP contribution in [0.3, 0.4) is 0 Å². The van der Waals surface area contributed by atoms with Crippen molar-refractivity contribution in [2.75, 3.05) is 11.9 Å². The molecule has 90 valence electrons. The van der Waals surface area contributed by atoms with Gasteiger partial charge in [-0.3, -0.25) is 0 Å². The maximum absolute atomic E-state index is 4.28. The monoisotopic (exact) mass is 231 g/mol. The van der Waals surface area contributed by atoms with Crippen LogP contribution in [0.2, 0.25) is 0 Å². The van der Waals surface area contributed by atoms with Gasteiger partial charge in [-0.2, -0.15) is 5.10 Å². The summed E-state index contributed by atoms with van der Waals surface area (Å²) in [5, 5.41) is 7.55.